The number of amidine groups is 1. The normalized spacial score (nSPS) is 16.6. The molecule has 5 nitrogen and oxygen atoms in total. The number of aliphatic imine (C=N–C) groups is 1. The van der Waals surface area contributed by atoms with Gasteiger partial charge in [-0.15, -0.1) is 0 Å². The molecule has 0 saturated carbocycles. The fraction of sp³-hybridized carbons (Fsp3) is 0.391. The van der Waals surface area contributed by atoms with Crippen molar-refractivity contribution in [2.45, 2.75) is 47.0 Å². The standard InChI is InChI=1S/C22H30N4.CH4O/c1-6-25-22(26-18-8-10-20(24)17(12-18)13-23)21(14(2)3)19-9-7-15(4)11-16(19)5;1-2/h6,8,10,12-13,15,23H,1,7,9,11,24H2,2-5H3,(H,25,26);2H,1H3. The molecular formula is C23H34N4O. The van der Waals surface area contributed by atoms with Crippen LogP contribution in [0.15, 0.2) is 58.3 Å². The number of nitrogen functional groups attached to an aromatic ring is 1. The second-order valence-electron chi connectivity index (χ2n) is 7.26. The predicted octanol–water partition coefficient (Wildman–Crippen LogP) is 5.30. The van der Waals surface area contributed by atoms with Crippen LogP contribution in [0.1, 0.15) is 52.5 Å². The highest BCUT2D eigenvalue weighted by atomic mass is 16.2. The Morgan fingerprint density at radius 2 is 2.04 bits per heavy atom. The highest BCUT2D eigenvalue weighted by Gasteiger charge is 2.22. The smallest absolute Gasteiger partial charge is 0.137 e. The molecule has 0 radical (unpaired) electrons. The van der Waals surface area contributed by atoms with Gasteiger partial charge in [-0.25, -0.2) is 4.99 Å². The molecule has 2 rings (SSSR count). The molecule has 152 valence electrons. The summed E-state index contributed by atoms with van der Waals surface area (Å²) in [6.07, 6.45) is 6.24. The zero-order valence-corrected chi connectivity index (χ0v) is 17.8. The summed E-state index contributed by atoms with van der Waals surface area (Å²) < 4.78 is 0. The first kappa shape index (κ1) is 23.4. The molecule has 1 aromatic carbocycles. The first-order valence-electron chi connectivity index (χ1n) is 9.54. The van der Waals surface area contributed by atoms with Gasteiger partial charge in [-0.2, -0.15) is 0 Å². The lowest BCUT2D eigenvalue weighted by Gasteiger charge is -2.27. The van der Waals surface area contributed by atoms with E-state index in [-0.39, 0.29) is 0 Å². The highest BCUT2D eigenvalue weighted by molar-refractivity contribution is 6.12. The molecule has 1 aliphatic carbocycles. The van der Waals surface area contributed by atoms with E-state index < -0.39 is 0 Å². The molecule has 0 aliphatic heterocycles. The van der Waals surface area contributed by atoms with Crippen LogP contribution in [0.5, 0.6) is 0 Å². The van der Waals surface area contributed by atoms with Gasteiger partial charge in [0, 0.05) is 42.0 Å². The van der Waals surface area contributed by atoms with E-state index >= 15 is 0 Å². The Labute approximate surface area is 169 Å². The molecule has 1 atom stereocenters. The lowest BCUT2D eigenvalue weighted by molar-refractivity contribution is 0.399. The van der Waals surface area contributed by atoms with Crippen molar-refractivity contribution in [3.8, 4) is 0 Å². The number of aliphatic hydroxyl groups is 1. The van der Waals surface area contributed by atoms with E-state index in [4.69, 9.17) is 16.2 Å². The molecule has 1 unspecified atom stereocenters. The van der Waals surface area contributed by atoms with Crippen LogP contribution in [0, 0.1) is 11.3 Å². The second kappa shape index (κ2) is 11.2. The summed E-state index contributed by atoms with van der Waals surface area (Å²) in [7, 11) is 1.00. The largest absolute Gasteiger partial charge is 0.400 e. The minimum atomic E-state index is 0.593. The zero-order chi connectivity index (χ0) is 21.3. The lowest BCUT2D eigenvalue weighted by Crippen LogP contribution is -2.20. The maximum absolute atomic E-state index is 7.51. The van der Waals surface area contributed by atoms with E-state index in [1.807, 2.05) is 18.2 Å². The van der Waals surface area contributed by atoms with Gasteiger partial charge in [0.1, 0.15) is 5.84 Å². The van der Waals surface area contributed by atoms with Crippen molar-refractivity contribution in [2.24, 2.45) is 10.9 Å². The van der Waals surface area contributed by atoms with Crippen LogP contribution in [-0.2, 0) is 0 Å². The fourth-order valence-electron chi connectivity index (χ4n) is 3.54. The SMILES string of the molecule is C=CN=C(Nc1ccc(N)c(C=N)c1)C(=C(C)C)C1=C(C)CC(C)CC1.CO. The van der Waals surface area contributed by atoms with Crippen molar-refractivity contribution >= 4 is 23.4 Å². The Balaban J connectivity index is 0.00000190. The van der Waals surface area contributed by atoms with Gasteiger partial charge in [0.05, 0.1) is 0 Å². The predicted molar refractivity (Wildman–Crippen MR) is 122 cm³/mol. The fourth-order valence-corrected chi connectivity index (χ4v) is 3.54. The van der Waals surface area contributed by atoms with Crippen molar-refractivity contribution in [3.05, 3.63) is 58.8 Å². The lowest BCUT2D eigenvalue weighted by atomic mass is 9.81. The van der Waals surface area contributed by atoms with E-state index in [0.29, 0.717) is 11.3 Å². The first-order valence-corrected chi connectivity index (χ1v) is 9.54. The van der Waals surface area contributed by atoms with Crippen molar-refractivity contribution in [2.75, 3.05) is 18.2 Å². The maximum atomic E-state index is 7.51. The molecule has 1 aromatic rings. The Morgan fingerprint density at radius 3 is 2.57 bits per heavy atom. The topological polar surface area (TPSA) is 94.5 Å². The minimum Gasteiger partial charge on any atom is -0.400 e. The third-order valence-corrected chi connectivity index (χ3v) is 4.82. The van der Waals surface area contributed by atoms with E-state index in [2.05, 4.69) is 44.6 Å². The Kier molecular flexibility index (Phi) is 9.39. The molecule has 0 bridgehead atoms. The maximum Gasteiger partial charge on any atom is 0.137 e. The summed E-state index contributed by atoms with van der Waals surface area (Å²) in [4.78, 5) is 4.54. The summed E-state index contributed by atoms with van der Waals surface area (Å²) in [5.74, 6) is 1.53. The summed E-state index contributed by atoms with van der Waals surface area (Å²) in [6.45, 7) is 12.6. The monoisotopic (exact) mass is 382 g/mol. The molecule has 0 spiro atoms. The van der Waals surface area contributed by atoms with Crippen molar-refractivity contribution in [1.82, 2.24) is 0 Å². The number of rotatable bonds is 5. The van der Waals surface area contributed by atoms with Crippen LogP contribution in [0.3, 0.4) is 0 Å². The van der Waals surface area contributed by atoms with Crippen LogP contribution in [0.25, 0.3) is 0 Å². The second-order valence-corrected chi connectivity index (χ2v) is 7.26. The summed E-state index contributed by atoms with van der Waals surface area (Å²) >= 11 is 0. The van der Waals surface area contributed by atoms with Crippen LogP contribution < -0.4 is 11.1 Å². The van der Waals surface area contributed by atoms with E-state index in [1.54, 1.807) is 6.20 Å². The van der Waals surface area contributed by atoms with Gasteiger partial charge in [0.25, 0.3) is 0 Å². The van der Waals surface area contributed by atoms with Crippen LogP contribution in [0.2, 0.25) is 0 Å². The third-order valence-electron chi connectivity index (χ3n) is 4.82. The van der Waals surface area contributed by atoms with Gasteiger partial charge < -0.3 is 21.6 Å². The zero-order valence-electron chi connectivity index (χ0n) is 17.8. The van der Waals surface area contributed by atoms with E-state index in [1.165, 1.54) is 34.9 Å². The van der Waals surface area contributed by atoms with Gasteiger partial charge in [-0.1, -0.05) is 24.6 Å². The Morgan fingerprint density at radius 1 is 1.36 bits per heavy atom. The van der Waals surface area contributed by atoms with Gasteiger partial charge in [-0.05, 0) is 69.7 Å². The third kappa shape index (κ3) is 5.92. The molecule has 0 saturated heterocycles. The average Bonchev–Trinajstić information content (AvgIpc) is 2.66. The number of hydrogen-bond acceptors (Lipinski definition) is 4. The van der Waals surface area contributed by atoms with Crippen LogP contribution in [0.4, 0.5) is 11.4 Å². The van der Waals surface area contributed by atoms with Crippen LogP contribution >= 0.6 is 0 Å². The average molecular weight is 383 g/mol. The van der Waals surface area contributed by atoms with E-state index in [9.17, 15) is 0 Å². The molecule has 0 amide bonds. The molecule has 1 aliphatic rings. The summed E-state index contributed by atoms with van der Waals surface area (Å²) in [5, 5.41) is 17.9. The quantitative estimate of drug-likeness (QED) is 0.316. The summed E-state index contributed by atoms with van der Waals surface area (Å²) in [5.41, 5.74) is 13.3. The van der Waals surface area contributed by atoms with Crippen molar-refractivity contribution < 1.29 is 5.11 Å². The highest BCUT2D eigenvalue weighted by Crippen LogP contribution is 2.35. The van der Waals surface area contributed by atoms with Crippen molar-refractivity contribution in [3.63, 3.8) is 0 Å². The molecule has 5 N–H and O–H groups in total. The van der Waals surface area contributed by atoms with Gasteiger partial charge in [0.2, 0.25) is 0 Å². The Bertz CT molecular complexity index is 799. The van der Waals surface area contributed by atoms with Crippen molar-refractivity contribution in [1.29, 1.82) is 5.41 Å². The molecule has 28 heavy (non-hydrogen) atoms. The van der Waals surface area contributed by atoms with Gasteiger partial charge in [0.15, 0.2) is 0 Å². The Hall–Kier alpha value is -2.66. The van der Waals surface area contributed by atoms with E-state index in [0.717, 1.165) is 37.4 Å². The number of benzene rings is 1. The molecular weight excluding hydrogens is 348 g/mol. The van der Waals surface area contributed by atoms with Crippen LogP contribution in [-0.4, -0.2) is 24.3 Å². The molecule has 0 fully saturated rings. The number of nitrogens with two attached hydrogens (primary N) is 1. The number of anilines is 2. The molecule has 0 aromatic heterocycles. The number of nitrogens with one attached hydrogen (secondary N) is 2. The minimum absolute atomic E-state index is 0.593. The number of allylic oxidation sites excluding steroid dienone is 2. The van der Waals surface area contributed by atoms with Gasteiger partial charge in [-0.3, -0.25) is 0 Å². The number of hydrogen-bond donors (Lipinski definition) is 4. The summed E-state index contributed by atoms with van der Waals surface area (Å²) in [6, 6.07) is 5.59. The first-order chi connectivity index (χ1) is 13.4. The molecule has 0 heterocycles. The number of nitrogens with zero attached hydrogens (tertiary/aromatic N) is 1. The van der Waals surface area contributed by atoms with Gasteiger partial charge >= 0.3 is 0 Å². The molecule has 5 heteroatoms. The number of aliphatic hydroxyl groups excluding tert-OH is 1.